The Balaban J connectivity index is 1.47. The number of benzene rings is 2. The van der Waals surface area contributed by atoms with Crippen molar-refractivity contribution in [3.8, 4) is 0 Å². The average molecular weight is 532 g/mol. The zero-order chi connectivity index (χ0) is 27.6. The lowest BCUT2D eigenvalue weighted by molar-refractivity contribution is -0.138. The number of ether oxygens (including phenoxy) is 1. The van der Waals surface area contributed by atoms with Crippen LogP contribution in [0, 0.1) is 0 Å². The van der Waals surface area contributed by atoms with Gasteiger partial charge in [-0.05, 0) is 31.4 Å². The van der Waals surface area contributed by atoms with Crippen molar-refractivity contribution in [2.75, 3.05) is 45.9 Å². The molecule has 9 heteroatoms. The number of nitrogens with zero attached hydrogens (tertiary/aromatic N) is 5. The summed E-state index contributed by atoms with van der Waals surface area (Å²) < 4.78 is 7.75. The normalized spacial score (nSPS) is 15.7. The smallest absolute Gasteiger partial charge is 0.257 e. The van der Waals surface area contributed by atoms with Crippen molar-refractivity contribution in [2.24, 2.45) is 0 Å². The van der Waals surface area contributed by atoms with E-state index in [1.807, 2.05) is 74.5 Å². The lowest BCUT2D eigenvalue weighted by Crippen LogP contribution is -2.41. The molecule has 0 unspecified atom stereocenters. The lowest BCUT2D eigenvalue weighted by Gasteiger charge is -2.26. The highest BCUT2D eigenvalue weighted by Crippen LogP contribution is 2.14. The van der Waals surface area contributed by atoms with Gasteiger partial charge < -0.3 is 19.4 Å². The number of hydrogen-bond donors (Lipinski definition) is 0. The number of carbonyl (C=O) groups is 3. The first-order valence-corrected chi connectivity index (χ1v) is 13.5. The summed E-state index contributed by atoms with van der Waals surface area (Å²) in [7, 11) is 0. The van der Waals surface area contributed by atoms with Crippen molar-refractivity contribution in [2.45, 2.75) is 32.9 Å². The Morgan fingerprint density at radius 1 is 0.974 bits per heavy atom. The van der Waals surface area contributed by atoms with Crippen LogP contribution in [0.1, 0.15) is 35.3 Å². The maximum Gasteiger partial charge on any atom is 0.257 e. The van der Waals surface area contributed by atoms with Crippen LogP contribution in [0.4, 0.5) is 0 Å². The molecule has 1 atom stereocenters. The minimum absolute atomic E-state index is 0.0542. The van der Waals surface area contributed by atoms with Crippen LogP contribution in [0.2, 0.25) is 0 Å². The van der Waals surface area contributed by atoms with Crippen LogP contribution < -0.4 is 0 Å². The Morgan fingerprint density at radius 3 is 2.31 bits per heavy atom. The number of hydrogen-bond acceptors (Lipinski definition) is 5. The number of amides is 3. The average Bonchev–Trinajstić information content (AvgIpc) is 3.36. The van der Waals surface area contributed by atoms with Gasteiger partial charge in [0.05, 0.1) is 24.4 Å². The first-order valence-electron chi connectivity index (χ1n) is 13.5. The third kappa shape index (κ3) is 7.77. The SMILES string of the molecule is CCN(CC)C(=O)CO[C@@H]1CN(CCc2ccccc2)C(=O)CN(C(=O)c2cnn(Cc3ccccc3)c2)C1. The van der Waals surface area contributed by atoms with E-state index in [9.17, 15) is 14.4 Å². The molecular formula is C30H37N5O4. The molecule has 1 fully saturated rings. The predicted molar refractivity (Wildman–Crippen MR) is 148 cm³/mol. The maximum absolute atomic E-state index is 13.5. The van der Waals surface area contributed by atoms with Gasteiger partial charge in [-0.3, -0.25) is 19.1 Å². The molecular weight excluding hydrogens is 494 g/mol. The minimum Gasteiger partial charge on any atom is -0.365 e. The van der Waals surface area contributed by atoms with Gasteiger partial charge in [-0.25, -0.2) is 0 Å². The molecule has 1 aliphatic heterocycles. The Hall–Kier alpha value is -3.98. The molecule has 9 nitrogen and oxygen atoms in total. The molecule has 39 heavy (non-hydrogen) atoms. The zero-order valence-corrected chi connectivity index (χ0v) is 22.7. The second-order valence-corrected chi connectivity index (χ2v) is 9.67. The van der Waals surface area contributed by atoms with E-state index in [1.165, 1.54) is 11.1 Å². The molecule has 0 saturated carbocycles. The van der Waals surface area contributed by atoms with Crippen molar-refractivity contribution >= 4 is 17.7 Å². The molecule has 0 radical (unpaired) electrons. The van der Waals surface area contributed by atoms with Gasteiger partial charge in [0.2, 0.25) is 11.8 Å². The predicted octanol–water partition coefficient (Wildman–Crippen LogP) is 2.71. The van der Waals surface area contributed by atoms with E-state index in [0.717, 1.165) is 11.1 Å². The summed E-state index contributed by atoms with van der Waals surface area (Å²) in [4.78, 5) is 44.4. The van der Waals surface area contributed by atoms with E-state index in [4.69, 9.17) is 4.74 Å². The fraction of sp³-hybridized carbons (Fsp3) is 0.400. The van der Waals surface area contributed by atoms with Gasteiger partial charge in [0.15, 0.2) is 0 Å². The summed E-state index contributed by atoms with van der Waals surface area (Å²) in [5.74, 6) is -0.528. The van der Waals surface area contributed by atoms with E-state index >= 15 is 0 Å². The van der Waals surface area contributed by atoms with Crippen LogP contribution in [0.5, 0.6) is 0 Å². The Bertz CT molecular complexity index is 1230. The van der Waals surface area contributed by atoms with Gasteiger partial charge in [-0.2, -0.15) is 5.10 Å². The minimum atomic E-state index is -0.491. The molecule has 3 aromatic rings. The van der Waals surface area contributed by atoms with Crippen LogP contribution in [0.15, 0.2) is 73.1 Å². The second kappa shape index (κ2) is 13.7. The summed E-state index contributed by atoms with van der Waals surface area (Å²) in [6, 6.07) is 19.8. The van der Waals surface area contributed by atoms with Crippen LogP contribution in [-0.2, 0) is 27.3 Å². The van der Waals surface area contributed by atoms with Crippen molar-refractivity contribution in [1.29, 1.82) is 0 Å². The van der Waals surface area contributed by atoms with Gasteiger partial charge in [0, 0.05) is 38.9 Å². The summed E-state index contributed by atoms with van der Waals surface area (Å²) in [6.45, 7) is 6.47. The number of aromatic nitrogens is 2. The highest BCUT2D eigenvalue weighted by Gasteiger charge is 2.32. The Kier molecular flexibility index (Phi) is 9.85. The third-order valence-electron chi connectivity index (χ3n) is 6.95. The molecule has 1 aliphatic rings. The first-order chi connectivity index (χ1) is 19.0. The zero-order valence-electron chi connectivity index (χ0n) is 22.7. The molecule has 0 bridgehead atoms. The first kappa shape index (κ1) is 28.0. The fourth-order valence-corrected chi connectivity index (χ4v) is 4.73. The largest absolute Gasteiger partial charge is 0.365 e. The summed E-state index contributed by atoms with van der Waals surface area (Å²) >= 11 is 0. The standard InChI is InChI=1S/C30H37N5O4/c1-3-32(4-2)29(37)23-39-27-20-33(16-15-24-11-7-5-8-12-24)28(36)22-34(21-27)30(38)26-17-31-35(19-26)18-25-13-9-6-10-14-25/h5-14,17,19,27H,3-4,15-16,18,20-23H2,1-2H3/t27-/m1/s1. The van der Waals surface area contributed by atoms with Crippen LogP contribution in [0.25, 0.3) is 0 Å². The Labute approximate surface area is 229 Å². The molecule has 4 rings (SSSR count). The molecule has 0 aliphatic carbocycles. The topological polar surface area (TPSA) is 88.0 Å². The molecule has 0 N–H and O–H groups in total. The van der Waals surface area contributed by atoms with Crippen molar-refractivity contribution < 1.29 is 19.1 Å². The molecule has 0 spiro atoms. The van der Waals surface area contributed by atoms with Gasteiger partial charge in [0.25, 0.3) is 5.91 Å². The summed E-state index contributed by atoms with van der Waals surface area (Å²) in [5, 5.41) is 4.36. The van der Waals surface area contributed by atoms with E-state index in [1.54, 1.807) is 20.7 Å². The molecule has 2 aromatic carbocycles. The van der Waals surface area contributed by atoms with Crippen molar-refractivity contribution in [3.63, 3.8) is 0 Å². The molecule has 3 amide bonds. The van der Waals surface area contributed by atoms with E-state index in [-0.39, 0.29) is 37.4 Å². The van der Waals surface area contributed by atoms with E-state index < -0.39 is 6.10 Å². The van der Waals surface area contributed by atoms with Gasteiger partial charge in [0.1, 0.15) is 13.2 Å². The van der Waals surface area contributed by atoms with E-state index in [0.29, 0.717) is 44.7 Å². The van der Waals surface area contributed by atoms with Crippen LogP contribution in [0.3, 0.4) is 0 Å². The van der Waals surface area contributed by atoms with Crippen LogP contribution >= 0.6 is 0 Å². The summed E-state index contributed by atoms with van der Waals surface area (Å²) in [6.07, 6.45) is 3.44. The fourth-order valence-electron chi connectivity index (χ4n) is 4.73. The van der Waals surface area contributed by atoms with Crippen molar-refractivity contribution in [3.05, 3.63) is 89.7 Å². The quantitative estimate of drug-likeness (QED) is 0.380. The lowest BCUT2D eigenvalue weighted by atomic mass is 10.1. The monoisotopic (exact) mass is 531 g/mol. The molecule has 1 saturated heterocycles. The number of likely N-dealkylation sites (N-methyl/N-ethyl adjacent to an activating group) is 1. The van der Waals surface area contributed by atoms with Crippen LogP contribution in [-0.4, -0.2) is 94.2 Å². The van der Waals surface area contributed by atoms with Gasteiger partial charge in [-0.1, -0.05) is 60.7 Å². The number of rotatable bonds is 11. The summed E-state index contributed by atoms with van der Waals surface area (Å²) in [5.41, 5.74) is 2.61. The van der Waals surface area contributed by atoms with E-state index in [2.05, 4.69) is 5.10 Å². The molecule has 206 valence electrons. The maximum atomic E-state index is 13.5. The molecule has 2 heterocycles. The number of carbonyl (C=O) groups excluding carboxylic acids is 3. The van der Waals surface area contributed by atoms with Crippen molar-refractivity contribution in [1.82, 2.24) is 24.5 Å². The molecule has 1 aromatic heterocycles. The van der Waals surface area contributed by atoms with Gasteiger partial charge in [-0.15, -0.1) is 0 Å². The Morgan fingerprint density at radius 2 is 1.64 bits per heavy atom. The highest BCUT2D eigenvalue weighted by atomic mass is 16.5. The third-order valence-corrected chi connectivity index (χ3v) is 6.95. The second-order valence-electron chi connectivity index (χ2n) is 9.67. The highest BCUT2D eigenvalue weighted by molar-refractivity contribution is 5.96. The van der Waals surface area contributed by atoms with Gasteiger partial charge >= 0.3 is 0 Å².